The second-order valence-electron chi connectivity index (χ2n) is 7.11. The van der Waals surface area contributed by atoms with E-state index in [9.17, 15) is 0 Å². The van der Waals surface area contributed by atoms with Crippen LogP contribution in [0.15, 0.2) is 28.9 Å². The van der Waals surface area contributed by atoms with Gasteiger partial charge in [-0.2, -0.15) is 4.98 Å². The second-order valence-corrected chi connectivity index (χ2v) is 7.11. The Bertz CT molecular complexity index is 1190. The van der Waals surface area contributed by atoms with Gasteiger partial charge in [0.2, 0.25) is 5.82 Å². The molecular weight excluding hydrogens is 354 g/mol. The quantitative estimate of drug-likeness (QED) is 0.569. The number of aromatic amines is 1. The van der Waals surface area contributed by atoms with Gasteiger partial charge in [-0.1, -0.05) is 5.16 Å². The molecule has 28 heavy (non-hydrogen) atoms. The van der Waals surface area contributed by atoms with Crippen LogP contribution in [0.1, 0.15) is 22.4 Å². The maximum atomic E-state index is 5.65. The van der Waals surface area contributed by atoms with Crippen LogP contribution >= 0.6 is 0 Å². The number of hydrogen-bond donors (Lipinski definition) is 2. The lowest BCUT2D eigenvalue weighted by atomic mass is 9.95. The molecule has 2 N–H and O–H groups in total. The summed E-state index contributed by atoms with van der Waals surface area (Å²) in [6.07, 6.45) is 2.87. The number of H-pyrrole nitrogens is 1. The number of hydrogen-bond acceptors (Lipinski definition) is 6. The predicted octanol–water partition coefficient (Wildman–Crippen LogP) is 3.55. The summed E-state index contributed by atoms with van der Waals surface area (Å²) in [6, 6.07) is 5.94. The molecule has 0 bridgehead atoms. The van der Waals surface area contributed by atoms with E-state index in [0.29, 0.717) is 11.7 Å². The van der Waals surface area contributed by atoms with Crippen molar-refractivity contribution in [2.75, 3.05) is 13.7 Å². The Kier molecular flexibility index (Phi) is 3.91. The third-order valence-corrected chi connectivity index (χ3v) is 5.46. The minimum atomic E-state index is 0.480. The van der Waals surface area contributed by atoms with Crippen molar-refractivity contribution in [3.63, 3.8) is 0 Å². The minimum Gasteiger partial charge on any atom is -0.497 e. The fourth-order valence-electron chi connectivity index (χ4n) is 3.94. The maximum absolute atomic E-state index is 5.65. The van der Waals surface area contributed by atoms with Gasteiger partial charge >= 0.3 is 0 Å². The molecule has 0 unspecified atom stereocenters. The van der Waals surface area contributed by atoms with E-state index < -0.39 is 0 Å². The molecule has 0 amide bonds. The summed E-state index contributed by atoms with van der Waals surface area (Å²) in [5.74, 6) is 1.89. The zero-order valence-electron chi connectivity index (χ0n) is 16.1. The van der Waals surface area contributed by atoms with Crippen molar-refractivity contribution in [2.24, 2.45) is 0 Å². The number of benzene rings is 1. The minimum absolute atomic E-state index is 0.480. The molecule has 1 aromatic carbocycles. The maximum Gasteiger partial charge on any atom is 0.274 e. The number of fused-ring (bicyclic) bond motifs is 2. The molecule has 0 saturated carbocycles. The van der Waals surface area contributed by atoms with Crippen LogP contribution in [0, 0.1) is 13.8 Å². The lowest BCUT2D eigenvalue weighted by Gasteiger charge is -2.19. The molecular formula is C21H21N5O2. The summed E-state index contributed by atoms with van der Waals surface area (Å²) in [4.78, 5) is 12.7. The summed E-state index contributed by atoms with van der Waals surface area (Å²) in [5, 5.41) is 8.75. The highest BCUT2D eigenvalue weighted by Crippen LogP contribution is 2.34. The summed E-state index contributed by atoms with van der Waals surface area (Å²) in [5.41, 5.74) is 7.27. The number of ether oxygens (including phenoxy) is 1. The number of rotatable bonds is 3. The van der Waals surface area contributed by atoms with E-state index in [1.54, 1.807) is 7.11 Å². The van der Waals surface area contributed by atoms with E-state index >= 15 is 0 Å². The average molecular weight is 375 g/mol. The first-order chi connectivity index (χ1) is 13.7. The molecule has 142 valence electrons. The van der Waals surface area contributed by atoms with Gasteiger partial charge in [0.1, 0.15) is 11.4 Å². The van der Waals surface area contributed by atoms with E-state index in [1.807, 2.05) is 38.2 Å². The van der Waals surface area contributed by atoms with Crippen LogP contribution in [0.3, 0.4) is 0 Å². The Hall–Kier alpha value is -3.19. The van der Waals surface area contributed by atoms with Crippen molar-refractivity contribution in [1.82, 2.24) is 25.4 Å². The van der Waals surface area contributed by atoms with Crippen molar-refractivity contribution in [1.29, 1.82) is 0 Å². The van der Waals surface area contributed by atoms with E-state index in [4.69, 9.17) is 14.2 Å². The van der Waals surface area contributed by atoms with Crippen LogP contribution in [-0.4, -0.2) is 33.8 Å². The van der Waals surface area contributed by atoms with Gasteiger partial charge in [-0.3, -0.25) is 4.98 Å². The standard InChI is InChI=1S/C21H21N5O2/c1-11-16-8-14(27-3)4-5-17(16)24-19(11)21-25-20(26-28-21)18-12(2)23-10-13-9-22-7-6-15(13)18/h4-5,8,10,22,24H,6-7,9H2,1-3H3. The van der Waals surface area contributed by atoms with Gasteiger partial charge in [-0.05, 0) is 61.7 Å². The van der Waals surface area contributed by atoms with Gasteiger partial charge in [0, 0.05) is 34.9 Å². The molecule has 7 heteroatoms. The fourth-order valence-corrected chi connectivity index (χ4v) is 3.94. The predicted molar refractivity (Wildman–Crippen MR) is 106 cm³/mol. The lowest BCUT2D eigenvalue weighted by molar-refractivity contribution is 0.415. The first-order valence-corrected chi connectivity index (χ1v) is 9.34. The summed E-state index contributed by atoms with van der Waals surface area (Å²) >= 11 is 0. The SMILES string of the molecule is COc1ccc2[nH]c(-c3nc(-c4c(C)ncc5c4CCNC5)no3)c(C)c2c1. The smallest absolute Gasteiger partial charge is 0.274 e. The molecule has 0 spiro atoms. The number of nitrogens with zero attached hydrogens (tertiary/aromatic N) is 3. The molecule has 0 saturated heterocycles. The topological polar surface area (TPSA) is 88.9 Å². The average Bonchev–Trinajstić information content (AvgIpc) is 3.32. The van der Waals surface area contributed by atoms with Crippen molar-refractivity contribution in [2.45, 2.75) is 26.8 Å². The molecule has 0 atom stereocenters. The van der Waals surface area contributed by atoms with E-state index in [2.05, 4.69) is 20.4 Å². The highest BCUT2D eigenvalue weighted by molar-refractivity contribution is 5.90. The molecule has 3 aromatic heterocycles. The Morgan fingerprint density at radius 2 is 2.11 bits per heavy atom. The van der Waals surface area contributed by atoms with Gasteiger partial charge in [0.05, 0.1) is 7.11 Å². The Balaban J connectivity index is 1.61. The first kappa shape index (κ1) is 16.9. The molecule has 0 aliphatic carbocycles. The number of methoxy groups -OCH3 is 1. The van der Waals surface area contributed by atoms with Gasteiger partial charge in [0.25, 0.3) is 5.89 Å². The van der Waals surface area contributed by atoms with Crippen molar-refractivity contribution in [3.05, 3.63) is 46.8 Å². The van der Waals surface area contributed by atoms with Crippen LogP contribution in [0.25, 0.3) is 33.9 Å². The van der Waals surface area contributed by atoms with Crippen LogP contribution < -0.4 is 10.1 Å². The van der Waals surface area contributed by atoms with Crippen molar-refractivity contribution in [3.8, 4) is 28.7 Å². The van der Waals surface area contributed by atoms with Gasteiger partial charge in [-0.25, -0.2) is 0 Å². The third-order valence-electron chi connectivity index (χ3n) is 5.46. The molecule has 0 fully saturated rings. The number of pyridine rings is 1. The van der Waals surface area contributed by atoms with Crippen molar-refractivity contribution < 1.29 is 9.26 Å². The Labute approximate surface area is 162 Å². The molecule has 5 rings (SSSR count). The first-order valence-electron chi connectivity index (χ1n) is 9.34. The molecule has 7 nitrogen and oxygen atoms in total. The normalized spacial score (nSPS) is 13.7. The molecule has 4 aromatic rings. The Morgan fingerprint density at radius 1 is 1.21 bits per heavy atom. The van der Waals surface area contributed by atoms with E-state index in [1.165, 1.54) is 11.1 Å². The fraction of sp³-hybridized carbons (Fsp3) is 0.286. The Morgan fingerprint density at radius 3 is 2.96 bits per heavy atom. The molecule has 1 aliphatic heterocycles. The van der Waals surface area contributed by atoms with Crippen LogP contribution in [0.5, 0.6) is 5.75 Å². The monoisotopic (exact) mass is 375 g/mol. The highest BCUT2D eigenvalue weighted by Gasteiger charge is 2.23. The zero-order valence-corrected chi connectivity index (χ0v) is 16.1. The summed E-state index contributed by atoms with van der Waals surface area (Å²) in [6.45, 7) is 5.80. The number of aryl methyl sites for hydroxylation is 2. The van der Waals surface area contributed by atoms with Crippen LogP contribution in [0.4, 0.5) is 0 Å². The molecule has 1 aliphatic rings. The zero-order chi connectivity index (χ0) is 19.3. The van der Waals surface area contributed by atoms with Crippen LogP contribution in [-0.2, 0) is 13.0 Å². The van der Waals surface area contributed by atoms with Crippen molar-refractivity contribution >= 4 is 10.9 Å². The van der Waals surface area contributed by atoms with Crippen LogP contribution in [0.2, 0.25) is 0 Å². The second kappa shape index (κ2) is 6.45. The van der Waals surface area contributed by atoms with Gasteiger partial charge < -0.3 is 19.6 Å². The molecule has 4 heterocycles. The summed E-state index contributed by atoms with van der Waals surface area (Å²) in [7, 11) is 1.67. The van der Waals surface area contributed by atoms with E-state index in [-0.39, 0.29) is 0 Å². The lowest BCUT2D eigenvalue weighted by Crippen LogP contribution is -2.24. The number of nitrogens with one attached hydrogen (secondary N) is 2. The van der Waals surface area contributed by atoms with E-state index in [0.717, 1.165) is 58.7 Å². The molecule has 0 radical (unpaired) electrons. The highest BCUT2D eigenvalue weighted by atomic mass is 16.5. The third kappa shape index (κ3) is 2.58. The number of aromatic nitrogens is 4. The van der Waals surface area contributed by atoms with Gasteiger partial charge in [-0.15, -0.1) is 0 Å². The summed E-state index contributed by atoms with van der Waals surface area (Å²) < 4.78 is 11.0. The van der Waals surface area contributed by atoms with Gasteiger partial charge in [0.15, 0.2) is 0 Å². The largest absolute Gasteiger partial charge is 0.497 e.